The fourth-order valence-corrected chi connectivity index (χ4v) is 21.0. The maximum absolute atomic E-state index is 12.3. The molecule has 0 saturated heterocycles. The maximum atomic E-state index is 12.3. The Morgan fingerprint density at radius 1 is 0.425 bits per heavy atom. The average molecular weight is 1870 g/mol. The number of hydrogen-bond donors (Lipinski definition) is 10. The third-order valence-electron chi connectivity index (χ3n) is 23.8. The Morgan fingerprint density at radius 3 is 1.28 bits per heavy atom. The molecule has 33 nitrogen and oxygen atoms in total. The lowest BCUT2D eigenvalue weighted by atomic mass is 9.86. The number of rotatable bonds is 33. The Balaban J connectivity index is 0.000000154. The number of aryl methyl sites for hydroxylation is 1. The Kier molecular flexibility index (Phi) is 36.5. The molecular formula is C88H126N18O15S6. The standard InChI is InChI=1S/C18H28N4O4S.C18H25N3O3S.C18H25N3O2S2.2C17H24N4O3S/c1-18(2,3)27(24,25)21-13-7-5-12(6-8-13)10-19-14-9-15-16(20-11-14)22(4)17(23)26-15;1-2-25(22,23)21-16-10-8-14(9-11-16)13-19-18-12-17(20-24-18)15-6-4-3-5-7-15;1-2-25(22,23)21-17-7-3-14(4-8-17)13-20-16-9-5-15(6-10-16)18-19-11-12-24-18;1-2-25(22,23)21-15-10-8-13(9-11-15)12-18-17-20-19-16(24-17)14-6-4-3-5-7-14;1-2-25(22,23)21-15-10-8-13(9-11-15)12-18-17-19-16(24-20-17)14-6-4-3-5-7-14/h9,11-13,19,21H,5-8,10H2,1-4H3;3-7,12,14,16,19,21H,2,8-11,13H2,1H3;5-6,9-12,14,17,20-21H,2-4,7-8,13H2,1H3;2*3-7,13,15,21H,2,8-12H2,1H3,(H,18,20). The van der Waals surface area contributed by atoms with E-state index in [0.717, 1.165) is 205 Å². The fourth-order valence-electron chi connectivity index (χ4n) is 15.7. The van der Waals surface area contributed by atoms with Crippen LogP contribution in [-0.4, -0.2) is 173 Å². The lowest BCUT2D eigenvalue weighted by Crippen LogP contribution is -2.46. The lowest BCUT2D eigenvalue weighted by Gasteiger charge is -2.31. The minimum atomic E-state index is -3.30. The van der Waals surface area contributed by atoms with E-state index in [1.165, 1.54) is 4.57 Å². The summed E-state index contributed by atoms with van der Waals surface area (Å²) in [5, 5.41) is 35.8. The largest absolute Gasteiger partial charge is 0.420 e. The highest BCUT2D eigenvalue weighted by molar-refractivity contribution is 7.91. The molecule has 0 spiro atoms. The summed E-state index contributed by atoms with van der Waals surface area (Å²) < 4.78 is 154. The van der Waals surface area contributed by atoms with Crippen molar-refractivity contribution in [2.75, 3.05) is 82.3 Å². The minimum Gasteiger partial charge on any atom is -0.406 e. The number of anilines is 5. The van der Waals surface area contributed by atoms with Crippen molar-refractivity contribution in [1.82, 2.24) is 63.6 Å². The number of benzene rings is 4. The first kappa shape index (κ1) is 98.6. The molecule has 694 valence electrons. The molecule has 5 fully saturated rings. The van der Waals surface area contributed by atoms with Crippen LogP contribution in [0.5, 0.6) is 0 Å². The summed E-state index contributed by atoms with van der Waals surface area (Å²) in [5.41, 5.74) is 7.71. The lowest BCUT2D eigenvalue weighted by molar-refractivity contribution is 0.321. The molecule has 0 radical (unpaired) electrons. The van der Waals surface area contributed by atoms with E-state index in [9.17, 15) is 46.9 Å². The zero-order chi connectivity index (χ0) is 90.6. The summed E-state index contributed by atoms with van der Waals surface area (Å²) in [5.74, 6) is 4.87. The van der Waals surface area contributed by atoms with E-state index in [4.69, 9.17) is 17.9 Å². The van der Waals surface area contributed by atoms with Crippen molar-refractivity contribution in [2.24, 2.45) is 36.6 Å². The first-order valence-electron chi connectivity index (χ1n) is 44.3. The van der Waals surface area contributed by atoms with Crippen LogP contribution < -0.4 is 56.0 Å². The van der Waals surface area contributed by atoms with Gasteiger partial charge in [0.1, 0.15) is 10.7 Å². The van der Waals surface area contributed by atoms with Gasteiger partial charge in [-0.25, -0.2) is 80.5 Å². The quantitative estimate of drug-likeness (QED) is 0.0183. The monoisotopic (exact) mass is 1870 g/mol. The molecule has 0 unspecified atom stereocenters. The van der Waals surface area contributed by atoms with Crippen LogP contribution in [0.15, 0.2) is 168 Å². The molecule has 5 aliphatic carbocycles. The number of pyridine rings is 1. The summed E-state index contributed by atoms with van der Waals surface area (Å²) >= 11 is 1.64. The Hall–Kier alpha value is -9.03. The highest BCUT2D eigenvalue weighted by atomic mass is 32.2. The van der Waals surface area contributed by atoms with Gasteiger partial charge < -0.3 is 44.5 Å². The van der Waals surface area contributed by atoms with Crippen LogP contribution in [-0.2, 0) is 57.2 Å². The van der Waals surface area contributed by atoms with Crippen LogP contribution in [0.4, 0.5) is 29.2 Å². The Morgan fingerprint density at radius 2 is 0.843 bits per heavy atom. The number of nitrogens with zero attached hydrogens (tertiary/aromatic N) is 8. The number of sulfonamides is 5. The van der Waals surface area contributed by atoms with Crippen molar-refractivity contribution in [3.05, 3.63) is 156 Å². The molecule has 0 atom stereocenters. The second kappa shape index (κ2) is 47.0. The van der Waals surface area contributed by atoms with Gasteiger partial charge in [-0.3, -0.25) is 4.57 Å². The van der Waals surface area contributed by atoms with Gasteiger partial charge in [0.25, 0.3) is 11.8 Å². The summed E-state index contributed by atoms with van der Waals surface area (Å²) in [6.07, 6.45) is 22.2. The normalized spacial score (nSPS) is 21.2. The predicted molar refractivity (Wildman–Crippen MR) is 502 cm³/mol. The fraction of sp³-hybridized carbons (Fsp3) is 0.545. The van der Waals surface area contributed by atoms with Crippen LogP contribution in [0.3, 0.4) is 0 Å². The van der Waals surface area contributed by atoms with Crippen molar-refractivity contribution in [2.45, 2.75) is 212 Å². The molecular weight excluding hydrogens is 1740 g/mol. The Bertz CT molecular complexity index is 5310. The van der Waals surface area contributed by atoms with Crippen molar-refractivity contribution in [3.63, 3.8) is 0 Å². The molecule has 4 aromatic carbocycles. The van der Waals surface area contributed by atoms with Gasteiger partial charge in [0.2, 0.25) is 61.9 Å². The number of aromatic nitrogens is 8. The summed E-state index contributed by atoms with van der Waals surface area (Å²) in [6.45, 7) is 15.9. The van der Waals surface area contributed by atoms with E-state index in [1.807, 2.05) is 109 Å². The van der Waals surface area contributed by atoms with Gasteiger partial charge in [0.05, 0.1) is 39.6 Å². The van der Waals surface area contributed by atoms with Gasteiger partial charge in [0.15, 0.2) is 11.2 Å². The molecule has 39 heteroatoms. The van der Waals surface area contributed by atoms with Gasteiger partial charge >= 0.3 is 11.8 Å². The summed E-state index contributed by atoms with van der Waals surface area (Å²) in [4.78, 5) is 24.5. The maximum Gasteiger partial charge on any atom is 0.420 e. The number of oxazole rings is 1. The van der Waals surface area contributed by atoms with Crippen LogP contribution in [0.25, 0.3) is 56.0 Å². The zero-order valence-corrected chi connectivity index (χ0v) is 78.7. The molecule has 0 aliphatic heterocycles. The van der Waals surface area contributed by atoms with Gasteiger partial charge in [0, 0.05) is 122 Å². The first-order valence-corrected chi connectivity index (χ1v) is 53.2. The SMILES string of the molecule is CCS(=O)(=O)NC1CCC(CNc2cc(-c3ccccc3)no2)CC1.CCS(=O)(=O)NC1CCC(CNc2ccc(-c3nccs3)cc2)CC1.CCS(=O)(=O)NC1CCC(CNc2nnc(-c3ccccc3)o2)CC1.CCS(=O)(=O)NC1CCC(CNc2noc(-c3ccccc3)n2)CC1.Cn1c(=O)oc2cc(NCC3CCC(NS(=O)(=O)C(C)(C)C)CC3)cnc21. The van der Waals surface area contributed by atoms with Crippen LogP contribution in [0.2, 0.25) is 0 Å². The third kappa shape index (κ3) is 31.7. The first-order chi connectivity index (χ1) is 60.8. The van der Waals surface area contributed by atoms with Gasteiger partial charge in [-0.1, -0.05) is 77.0 Å². The molecule has 6 heterocycles. The number of nitrogens with one attached hydrogen (secondary N) is 10. The van der Waals surface area contributed by atoms with E-state index < -0.39 is 60.6 Å². The molecule has 0 bridgehead atoms. The number of hydrogen-bond acceptors (Lipinski definition) is 28. The highest BCUT2D eigenvalue weighted by Crippen LogP contribution is 2.34. The molecule has 127 heavy (non-hydrogen) atoms. The van der Waals surface area contributed by atoms with E-state index in [-0.39, 0.29) is 53.2 Å². The molecule has 10 aromatic rings. The highest BCUT2D eigenvalue weighted by Gasteiger charge is 2.34. The molecule has 15 rings (SSSR count). The smallest absolute Gasteiger partial charge is 0.406 e. The van der Waals surface area contributed by atoms with E-state index in [0.29, 0.717) is 70.4 Å². The topological polar surface area (TPSA) is 456 Å². The molecule has 0 amide bonds. The molecule has 5 saturated carbocycles. The second-order valence-corrected chi connectivity index (χ2v) is 45.7. The van der Waals surface area contributed by atoms with Crippen molar-refractivity contribution >= 4 is 102 Å². The van der Waals surface area contributed by atoms with Crippen LogP contribution in [0.1, 0.15) is 177 Å². The van der Waals surface area contributed by atoms with Crippen molar-refractivity contribution in [1.29, 1.82) is 0 Å². The van der Waals surface area contributed by atoms with Crippen LogP contribution in [0, 0.1) is 29.6 Å². The van der Waals surface area contributed by atoms with E-state index >= 15 is 0 Å². The van der Waals surface area contributed by atoms with E-state index in [1.54, 1.807) is 79.1 Å². The minimum absolute atomic E-state index is 0.0158. The molecule has 5 aliphatic rings. The predicted octanol–water partition coefficient (Wildman–Crippen LogP) is 14.5. The molecule has 10 N–H and O–H groups in total. The Labute approximate surface area is 751 Å². The third-order valence-corrected chi connectivity index (χ3v) is 32.7. The van der Waals surface area contributed by atoms with Crippen LogP contribution >= 0.6 is 11.3 Å². The number of fused-ring (bicyclic) bond motifs is 1. The molecule has 6 aromatic heterocycles. The summed E-state index contributed by atoms with van der Waals surface area (Å²) in [6, 6.07) is 42.1. The van der Waals surface area contributed by atoms with Gasteiger partial charge in [-0.2, -0.15) is 4.98 Å². The van der Waals surface area contributed by atoms with Crippen molar-refractivity contribution < 1.29 is 60.0 Å². The van der Waals surface area contributed by atoms with Crippen molar-refractivity contribution in [3.8, 4) is 44.7 Å². The second-order valence-electron chi connectivity index (χ2n) is 34.2. The van der Waals surface area contributed by atoms with Gasteiger partial charge in [-0.05, 0) is 260 Å². The van der Waals surface area contributed by atoms with E-state index in [2.05, 4.69) is 110 Å². The zero-order valence-electron chi connectivity index (χ0n) is 73.8. The number of thiazole rings is 1. The average Bonchev–Trinajstić information content (AvgIpc) is 1.18. The van der Waals surface area contributed by atoms with Gasteiger partial charge in [-0.15, -0.1) is 16.4 Å². The summed E-state index contributed by atoms with van der Waals surface area (Å²) in [7, 11) is -14.1.